The number of ether oxygens (including phenoxy) is 1. The molecular formula is C22H26N2O4S. The molecule has 1 heterocycles. The minimum Gasteiger partial charge on any atom is -0.449 e. The number of rotatable bonds is 7. The summed E-state index contributed by atoms with van der Waals surface area (Å²) in [6.07, 6.45) is 1.71. The summed E-state index contributed by atoms with van der Waals surface area (Å²) in [5.74, 6) is 0.284. The number of hydrogen-bond donors (Lipinski definition) is 1. The van der Waals surface area contributed by atoms with Gasteiger partial charge in [-0.3, -0.25) is 0 Å². The fourth-order valence-electron chi connectivity index (χ4n) is 2.94. The van der Waals surface area contributed by atoms with Crippen LogP contribution in [0.4, 0.5) is 4.79 Å². The first-order valence-corrected chi connectivity index (χ1v) is 11.0. The zero-order chi connectivity index (χ0) is 21.0. The van der Waals surface area contributed by atoms with Gasteiger partial charge in [-0.25, -0.2) is 17.2 Å². The summed E-state index contributed by atoms with van der Waals surface area (Å²) in [6.45, 7) is 6.65. The smallest absolute Gasteiger partial charge is 0.407 e. The molecule has 0 saturated carbocycles. The highest BCUT2D eigenvalue weighted by atomic mass is 32.2. The predicted octanol–water partition coefficient (Wildman–Crippen LogP) is 4.11. The monoisotopic (exact) mass is 414 g/mol. The van der Waals surface area contributed by atoms with Gasteiger partial charge in [-0.15, -0.1) is 0 Å². The Morgan fingerprint density at radius 3 is 2.52 bits per heavy atom. The van der Waals surface area contributed by atoms with Crippen molar-refractivity contribution in [3.8, 4) is 0 Å². The number of aromatic nitrogens is 1. The van der Waals surface area contributed by atoms with Crippen molar-refractivity contribution in [2.24, 2.45) is 5.92 Å². The molecule has 0 saturated heterocycles. The summed E-state index contributed by atoms with van der Waals surface area (Å²) < 4.78 is 32.5. The van der Waals surface area contributed by atoms with Crippen LogP contribution >= 0.6 is 0 Å². The Morgan fingerprint density at radius 1 is 1.10 bits per heavy atom. The molecule has 0 atom stereocenters. The second-order valence-corrected chi connectivity index (χ2v) is 9.31. The van der Waals surface area contributed by atoms with Crippen LogP contribution in [0.25, 0.3) is 10.9 Å². The maximum atomic E-state index is 13.1. The molecule has 6 nitrogen and oxygen atoms in total. The average Bonchev–Trinajstić information content (AvgIpc) is 3.11. The molecule has 1 amide bonds. The second kappa shape index (κ2) is 8.69. The highest BCUT2D eigenvalue weighted by Crippen LogP contribution is 2.23. The van der Waals surface area contributed by atoms with E-state index in [1.807, 2.05) is 39.0 Å². The maximum absolute atomic E-state index is 13.1. The van der Waals surface area contributed by atoms with Crippen molar-refractivity contribution in [1.82, 2.24) is 9.29 Å². The quantitative estimate of drug-likeness (QED) is 0.631. The molecular weight excluding hydrogens is 388 g/mol. The normalized spacial score (nSPS) is 11.7. The number of carbonyl (C=O) groups is 1. The van der Waals surface area contributed by atoms with Gasteiger partial charge in [0, 0.05) is 18.1 Å². The number of alkyl carbamates (subject to hydrolysis) is 1. The average molecular weight is 415 g/mol. The number of fused-ring (bicyclic) bond motifs is 1. The van der Waals surface area contributed by atoms with Crippen LogP contribution < -0.4 is 5.32 Å². The lowest BCUT2D eigenvalue weighted by molar-refractivity contribution is 0.133. The lowest BCUT2D eigenvalue weighted by Gasteiger charge is -2.10. The van der Waals surface area contributed by atoms with Crippen LogP contribution in [-0.4, -0.2) is 31.6 Å². The number of carbonyl (C=O) groups excluding carboxylic acids is 1. The second-order valence-electron chi connectivity index (χ2n) is 7.49. The van der Waals surface area contributed by atoms with Gasteiger partial charge in [0.05, 0.1) is 17.0 Å². The third-order valence-electron chi connectivity index (χ3n) is 4.53. The molecule has 0 spiro atoms. The summed E-state index contributed by atoms with van der Waals surface area (Å²) in [4.78, 5) is 11.9. The van der Waals surface area contributed by atoms with Gasteiger partial charge in [-0.1, -0.05) is 43.7 Å². The van der Waals surface area contributed by atoms with Crippen LogP contribution in [0.3, 0.4) is 0 Å². The zero-order valence-electron chi connectivity index (χ0n) is 16.9. The number of nitrogens with one attached hydrogen (secondary N) is 1. The van der Waals surface area contributed by atoms with Crippen LogP contribution in [0.1, 0.15) is 25.0 Å². The Kier molecular flexibility index (Phi) is 6.27. The minimum atomic E-state index is -3.68. The van der Waals surface area contributed by atoms with Crippen molar-refractivity contribution < 1.29 is 17.9 Å². The fourth-order valence-corrected chi connectivity index (χ4v) is 4.29. The van der Waals surface area contributed by atoms with Gasteiger partial charge < -0.3 is 10.1 Å². The lowest BCUT2D eigenvalue weighted by atomic mass is 10.1. The van der Waals surface area contributed by atoms with Gasteiger partial charge in [0.25, 0.3) is 10.0 Å². The molecule has 2 aromatic carbocycles. The van der Waals surface area contributed by atoms with Crippen LogP contribution in [0, 0.1) is 12.8 Å². The molecule has 3 rings (SSSR count). The van der Waals surface area contributed by atoms with Gasteiger partial charge in [-0.2, -0.15) is 0 Å². The molecule has 3 aromatic rings. The van der Waals surface area contributed by atoms with E-state index >= 15 is 0 Å². The lowest BCUT2D eigenvalue weighted by Crippen LogP contribution is -2.27. The van der Waals surface area contributed by atoms with Crippen LogP contribution in [0.15, 0.2) is 59.6 Å². The van der Waals surface area contributed by atoms with Crippen molar-refractivity contribution >= 4 is 27.0 Å². The standard InChI is InChI=1S/C22H26N2O4S/c1-16(2)15-28-22(25)23-12-10-18-6-7-19-11-13-24(21(19)14-18)29(26,27)20-8-4-17(3)5-9-20/h4-9,11,13-14,16H,10,12,15H2,1-3H3,(H,23,25). The van der Waals surface area contributed by atoms with E-state index in [0.717, 1.165) is 16.5 Å². The van der Waals surface area contributed by atoms with Crippen molar-refractivity contribution in [3.05, 3.63) is 65.9 Å². The molecule has 154 valence electrons. The van der Waals surface area contributed by atoms with Gasteiger partial charge in [0.1, 0.15) is 0 Å². The van der Waals surface area contributed by atoms with Crippen molar-refractivity contribution in [3.63, 3.8) is 0 Å². The number of amides is 1. The molecule has 29 heavy (non-hydrogen) atoms. The Hall–Kier alpha value is -2.80. The molecule has 0 fully saturated rings. The molecule has 0 aliphatic rings. The highest BCUT2D eigenvalue weighted by Gasteiger charge is 2.18. The number of benzene rings is 2. The Balaban J connectivity index is 1.76. The summed E-state index contributed by atoms with van der Waals surface area (Å²) in [7, 11) is -3.68. The van der Waals surface area contributed by atoms with E-state index in [4.69, 9.17) is 4.74 Å². The van der Waals surface area contributed by atoms with E-state index in [2.05, 4.69) is 5.32 Å². The number of aryl methyl sites for hydroxylation is 1. The Morgan fingerprint density at radius 2 is 1.83 bits per heavy atom. The molecule has 0 radical (unpaired) electrons. The first-order chi connectivity index (χ1) is 13.8. The fraction of sp³-hybridized carbons (Fsp3) is 0.318. The maximum Gasteiger partial charge on any atom is 0.407 e. The Bertz CT molecular complexity index is 1100. The predicted molar refractivity (Wildman–Crippen MR) is 114 cm³/mol. The van der Waals surface area contributed by atoms with Crippen molar-refractivity contribution in [1.29, 1.82) is 0 Å². The Labute approximate surface area is 171 Å². The first-order valence-electron chi connectivity index (χ1n) is 9.60. The third kappa shape index (κ3) is 4.98. The summed E-state index contributed by atoms with van der Waals surface area (Å²) >= 11 is 0. The molecule has 7 heteroatoms. The molecule has 1 N–H and O–H groups in total. The largest absolute Gasteiger partial charge is 0.449 e. The molecule has 0 unspecified atom stereocenters. The summed E-state index contributed by atoms with van der Waals surface area (Å²) in [5, 5.41) is 3.56. The van der Waals surface area contributed by atoms with Crippen LogP contribution in [0.2, 0.25) is 0 Å². The van der Waals surface area contributed by atoms with Gasteiger partial charge >= 0.3 is 6.09 Å². The highest BCUT2D eigenvalue weighted by molar-refractivity contribution is 7.90. The molecule has 1 aromatic heterocycles. The van der Waals surface area contributed by atoms with Gasteiger partial charge in [-0.05, 0) is 49.1 Å². The van der Waals surface area contributed by atoms with Gasteiger partial charge in [0.15, 0.2) is 0 Å². The molecule has 0 aliphatic carbocycles. The van der Waals surface area contributed by atoms with Crippen molar-refractivity contribution in [2.75, 3.05) is 13.2 Å². The molecule has 0 bridgehead atoms. The summed E-state index contributed by atoms with van der Waals surface area (Å²) in [6, 6.07) is 14.3. The van der Waals surface area contributed by atoms with Crippen molar-refractivity contribution in [2.45, 2.75) is 32.1 Å². The van der Waals surface area contributed by atoms with E-state index in [9.17, 15) is 13.2 Å². The number of nitrogens with zero attached hydrogens (tertiary/aromatic N) is 1. The van der Waals surface area contributed by atoms with E-state index < -0.39 is 16.1 Å². The SMILES string of the molecule is Cc1ccc(S(=O)(=O)n2ccc3ccc(CCNC(=O)OCC(C)C)cc32)cc1. The van der Waals surface area contributed by atoms with Crippen LogP contribution in [0.5, 0.6) is 0 Å². The minimum absolute atomic E-state index is 0.251. The van der Waals surface area contributed by atoms with E-state index in [1.54, 1.807) is 36.5 Å². The van der Waals surface area contributed by atoms with Gasteiger partial charge in [0.2, 0.25) is 0 Å². The third-order valence-corrected chi connectivity index (χ3v) is 6.23. The molecule has 0 aliphatic heterocycles. The van der Waals surface area contributed by atoms with Crippen LogP contribution in [-0.2, 0) is 21.2 Å². The topological polar surface area (TPSA) is 77.4 Å². The number of hydrogen-bond acceptors (Lipinski definition) is 4. The van der Waals surface area contributed by atoms with E-state index in [1.165, 1.54) is 3.97 Å². The van der Waals surface area contributed by atoms with E-state index in [-0.39, 0.29) is 10.8 Å². The first kappa shape index (κ1) is 20.9. The van der Waals surface area contributed by atoms with E-state index in [0.29, 0.717) is 25.1 Å². The zero-order valence-corrected chi connectivity index (χ0v) is 17.7. The summed E-state index contributed by atoms with van der Waals surface area (Å²) in [5.41, 5.74) is 2.55.